The van der Waals surface area contributed by atoms with Gasteiger partial charge in [0.1, 0.15) is 5.60 Å². The van der Waals surface area contributed by atoms with Crippen molar-refractivity contribution in [2.75, 3.05) is 0 Å². The Morgan fingerprint density at radius 1 is 1.14 bits per heavy atom. The molecule has 2 N–H and O–H groups in total. The van der Waals surface area contributed by atoms with Crippen LogP contribution < -0.4 is 0 Å². The Morgan fingerprint density at radius 3 is 2.73 bits per heavy atom. The number of hydrogen-bond acceptors (Lipinski definition) is 2. The minimum atomic E-state index is -0.887. The molecule has 0 bridgehead atoms. The van der Waals surface area contributed by atoms with Gasteiger partial charge in [-0.15, -0.1) is 6.42 Å². The summed E-state index contributed by atoms with van der Waals surface area (Å²) in [5.41, 5.74) is 0.550. The molecule has 0 saturated heterocycles. The Hall–Kier alpha value is -0.780. The minimum absolute atomic E-state index is 0.0850. The standard InChI is InChI=1S/C20H28O2/c1-3-20(22)11-9-18-17-6-4-13-12-14(21)5-7-15(13)16(17)8-10-19(18,20)2/h1,12,14-18,21-22H,4-11H2,2H3/t14-,15+,16-,17-,18+,19+,20+/m1/s1. The van der Waals surface area contributed by atoms with Gasteiger partial charge in [-0.05, 0) is 75.0 Å². The minimum Gasteiger partial charge on any atom is -0.389 e. The maximum Gasteiger partial charge on any atom is 0.130 e. The lowest BCUT2D eigenvalue weighted by Gasteiger charge is -2.55. The second kappa shape index (κ2) is 4.86. The van der Waals surface area contributed by atoms with Crippen LogP contribution in [0.15, 0.2) is 11.6 Å². The molecule has 2 heteroatoms. The molecule has 0 radical (unpaired) electrons. The molecular formula is C20H28O2. The van der Waals surface area contributed by atoms with Crippen molar-refractivity contribution in [1.29, 1.82) is 0 Å². The Morgan fingerprint density at radius 2 is 1.95 bits per heavy atom. The summed E-state index contributed by atoms with van der Waals surface area (Å²) in [7, 11) is 0. The predicted octanol–water partition coefficient (Wildman–Crippen LogP) is 3.28. The molecule has 0 aliphatic heterocycles. The first-order valence-corrected chi connectivity index (χ1v) is 9.07. The summed E-state index contributed by atoms with van der Waals surface area (Å²) in [5.74, 6) is 5.50. The first kappa shape index (κ1) is 14.8. The topological polar surface area (TPSA) is 40.5 Å². The molecule has 0 aromatic heterocycles. The molecule has 120 valence electrons. The molecule has 7 atom stereocenters. The van der Waals surface area contributed by atoms with Gasteiger partial charge in [0.05, 0.1) is 6.10 Å². The second-order valence-corrected chi connectivity index (χ2v) is 8.47. The first-order chi connectivity index (χ1) is 10.5. The van der Waals surface area contributed by atoms with Crippen LogP contribution in [0.1, 0.15) is 58.3 Å². The summed E-state index contributed by atoms with van der Waals surface area (Å²) in [6, 6.07) is 0. The smallest absolute Gasteiger partial charge is 0.130 e. The third-order valence-corrected chi connectivity index (χ3v) is 7.82. The lowest BCUT2D eigenvalue weighted by molar-refractivity contribution is -0.0865. The Bertz CT molecular complexity index is 544. The van der Waals surface area contributed by atoms with Crippen LogP contribution in [0.5, 0.6) is 0 Å². The maximum absolute atomic E-state index is 10.9. The van der Waals surface area contributed by atoms with Crippen LogP contribution in [0.25, 0.3) is 0 Å². The maximum atomic E-state index is 10.9. The fourth-order valence-electron chi connectivity index (χ4n) is 6.57. The van der Waals surface area contributed by atoms with E-state index in [1.54, 1.807) is 0 Å². The van der Waals surface area contributed by atoms with Gasteiger partial charge in [0.15, 0.2) is 0 Å². The van der Waals surface area contributed by atoms with Crippen LogP contribution in [0, 0.1) is 41.4 Å². The Balaban J connectivity index is 1.64. The third-order valence-electron chi connectivity index (χ3n) is 7.82. The van der Waals surface area contributed by atoms with Crippen LogP contribution in [0.3, 0.4) is 0 Å². The van der Waals surface area contributed by atoms with E-state index in [-0.39, 0.29) is 11.5 Å². The largest absolute Gasteiger partial charge is 0.389 e. The van der Waals surface area contributed by atoms with Crippen LogP contribution in [-0.4, -0.2) is 21.9 Å². The molecule has 0 unspecified atom stereocenters. The molecule has 4 aliphatic rings. The molecule has 0 aromatic carbocycles. The average molecular weight is 300 g/mol. The van der Waals surface area contributed by atoms with Gasteiger partial charge >= 0.3 is 0 Å². The Kier molecular flexibility index (Phi) is 3.26. The molecule has 4 aliphatic carbocycles. The third kappa shape index (κ3) is 1.82. The van der Waals surface area contributed by atoms with Gasteiger partial charge in [0.2, 0.25) is 0 Å². The fraction of sp³-hybridized carbons (Fsp3) is 0.800. The predicted molar refractivity (Wildman–Crippen MR) is 86.9 cm³/mol. The van der Waals surface area contributed by atoms with Crippen LogP contribution >= 0.6 is 0 Å². The van der Waals surface area contributed by atoms with Crippen molar-refractivity contribution in [3.05, 3.63) is 11.6 Å². The highest BCUT2D eigenvalue weighted by Gasteiger charge is 2.61. The van der Waals surface area contributed by atoms with Crippen LogP contribution in [0.4, 0.5) is 0 Å². The molecule has 0 heterocycles. The summed E-state index contributed by atoms with van der Waals surface area (Å²) in [4.78, 5) is 0. The monoisotopic (exact) mass is 300 g/mol. The molecule has 3 saturated carbocycles. The molecule has 4 rings (SSSR count). The zero-order valence-electron chi connectivity index (χ0n) is 13.6. The summed E-state index contributed by atoms with van der Waals surface area (Å²) >= 11 is 0. The first-order valence-electron chi connectivity index (χ1n) is 9.07. The van der Waals surface area contributed by atoms with Crippen molar-refractivity contribution in [3.63, 3.8) is 0 Å². The lowest BCUT2D eigenvalue weighted by Crippen LogP contribution is -2.52. The fourth-order valence-corrected chi connectivity index (χ4v) is 6.57. The van der Waals surface area contributed by atoms with E-state index >= 15 is 0 Å². The van der Waals surface area contributed by atoms with Gasteiger partial charge < -0.3 is 10.2 Å². The molecule has 22 heavy (non-hydrogen) atoms. The van der Waals surface area contributed by atoms with Crippen molar-refractivity contribution >= 4 is 0 Å². The molecule has 3 fully saturated rings. The highest BCUT2D eigenvalue weighted by Crippen LogP contribution is 2.64. The van der Waals surface area contributed by atoms with Gasteiger partial charge in [0, 0.05) is 5.41 Å². The highest BCUT2D eigenvalue weighted by molar-refractivity contribution is 5.25. The quantitative estimate of drug-likeness (QED) is 0.532. The molecule has 0 spiro atoms. The SMILES string of the molecule is C#C[C@]1(O)CC[C@H]2[C@@H]3CCC4=C[C@H](O)CC[C@@H]4[C@H]3CC[C@@]21C. The normalized spacial score (nSPS) is 53.7. The van der Waals surface area contributed by atoms with Gasteiger partial charge in [0.25, 0.3) is 0 Å². The van der Waals surface area contributed by atoms with Crippen molar-refractivity contribution in [1.82, 2.24) is 0 Å². The van der Waals surface area contributed by atoms with Crippen molar-refractivity contribution in [3.8, 4) is 12.3 Å². The Labute approximate surface area is 134 Å². The van der Waals surface area contributed by atoms with Gasteiger partial charge in [-0.25, -0.2) is 0 Å². The number of allylic oxidation sites excluding steroid dienone is 1. The van der Waals surface area contributed by atoms with Crippen molar-refractivity contribution in [2.24, 2.45) is 29.1 Å². The number of aliphatic hydroxyl groups is 2. The molecular weight excluding hydrogens is 272 g/mol. The zero-order valence-corrected chi connectivity index (χ0v) is 13.6. The molecule has 0 aromatic rings. The average Bonchev–Trinajstić information content (AvgIpc) is 2.79. The highest BCUT2D eigenvalue weighted by atomic mass is 16.3. The number of hydrogen-bond donors (Lipinski definition) is 2. The second-order valence-electron chi connectivity index (χ2n) is 8.47. The van der Waals surface area contributed by atoms with Crippen LogP contribution in [0.2, 0.25) is 0 Å². The van der Waals surface area contributed by atoms with Gasteiger partial charge in [-0.1, -0.05) is 24.5 Å². The summed E-state index contributed by atoms with van der Waals surface area (Å²) < 4.78 is 0. The number of terminal acetylenes is 1. The number of aliphatic hydroxyl groups excluding tert-OH is 1. The van der Waals surface area contributed by atoms with E-state index in [4.69, 9.17) is 6.42 Å². The van der Waals surface area contributed by atoms with E-state index in [0.29, 0.717) is 11.8 Å². The number of rotatable bonds is 0. The van der Waals surface area contributed by atoms with E-state index in [1.807, 2.05) is 0 Å². The van der Waals surface area contributed by atoms with Gasteiger partial charge in [-0.3, -0.25) is 0 Å². The summed E-state index contributed by atoms with van der Waals surface area (Å²) in [6.45, 7) is 2.25. The molecule has 0 amide bonds. The van der Waals surface area contributed by atoms with Gasteiger partial charge in [-0.2, -0.15) is 0 Å². The molecule has 2 nitrogen and oxygen atoms in total. The lowest BCUT2D eigenvalue weighted by atomic mass is 9.50. The van der Waals surface area contributed by atoms with E-state index in [0.717, 1.165) is 50.4 Å². The van der Waals surface area contributed by atoms with Crippen molar-refractivity contribution < 1.29 is 10.2 Å². The summed E-state index contributed by atoms with van der Waals surface area (Å²) in [6.07, 6.45) is 16.2. The number of fused-ring (bicyclic) bond motifs is 5. The van der Waals surface area contributed by atoms with Crippen molar-refractivity contribution in [2.45, 2.75) is 70.0 Å². The van der Waals surface area contributed by atoms with E-state index in [2.05, 4.69) is 18.9 Å². The summed E-state index contributed by atoms with van der Waals surface area (Å²) in [5, 5.41) is 20.8. The van der Waals surface area contributed by atoms with E-state index in [1.165, 1.54) is 18.4 Å². The zero-order chi connectivity index (χ0) is 15.5. The van der Waals surface area contributed by atoms with Crippen LogP contribution in [-0.2, 0) is 0 Å². The van der Waals surface area contributed by atoms with E-state index in [9.17, 15) is 10.2 Å². The van der Waals surface area contributed by atoms with E-state index < -0.39 is 5.60 Å².